The predicted octanol–water partition coefficient (Wildman–Crippen LogP) is 1.23. The molecule has 0 bridgehead atoms. The van der Waals surface area contributed by atoms with Gasteiger partial charge in [-0.15, -0.1) is 5.10 Å². The van der Waals surface area contributed by atoms with Gasteiger partial charge in [0.2, 0.25) is 0 Å². The molecule has 4 rings (SSSR count). The summed E-state index contributed by atoms with van der Waals surface area (Å²) in [5.74, 6) is 1.24. The molecule has 3 aromatic rings. The van der Waals surface area contributed by atoms with Gasteiger partial charge in [0.15, 0.2) is 11.5 Å². The van der Waals surface area contributed by atoms with Crippen LogP contribution >= 0.6 is 0 Å². The largest absolute Gasteiger partial charge is 0.486 e. The number of nitrogens with zero attached hydrogens (tertiary/aromatic N) is 4. The van der Waals surface area contributed by atoms with Gasteiger partial charge < -0.3 is 14.8 Å². The summed E-state index contributed by atoms with van der Waals surface area (Å²) in [7, 11) is 0. The minimum absolute atomic E-state index is 0.175. The highest BCUT2D eigenvalue weighted by atomic mass is 16.6. The standard InChI is InChI=1S/C17H15N5O3/c23-17(12-5-7-13(8-6-12)22-11-19-20-21-22)18-9-14-10-24-15-3-1-2-4-16(15)25-14/h1-8,11,14H,9-10H2,(H,18,23). The van der Waals surface area contributed by atoms with E-state index < -0.39 is 0 Å². The molecule has 126 valence electrons. The van der Waals surface area contributed by atoms with E-state index in [0.29, 0.717) is 24.5 Å². The zero-order valence-corrected chi connectivity index (χ0v) is 13.2. The van der Waals surface area contributed by atoms with Crippen molar-refractivity contribution in [2.24, 2.45) is 0 Å². The fourth-order valence-corrected chi connectivity index (χ4v) is 2.52. The average molecular weight is 337 g/mol. The minimum Gasteiger partial charge on any atom is -0.486 e. The molecule has 0 saturated heterocycles. The fourth-order valence-electron chi connectivity index (χ4n) is 2.52. The summed E-state index contributed by atoms with van der Waals surface area (Å²) in [5, 5.41) is 13.8. The number of hydrogen-bond acceptors (Lipinski definition) is 6. The van der Waals surface area contributed by atoms with Crippen molar-refractivity contribution in [1.29, 1.82) is 0 Å². The molecule has 0 aliphatic carbocycles. The Morgan fingerprint density at radius 3 is 2.72 bits per heavy atom. The molecule has 0 saturated carbocycles. The topological polar surface area (TPSA) is 91.2 Å². The van der Waals surface area contributed by atoms with Crippen LogP contribution in [-0.4, -0.2) is 45.4 Å². The molecule has 1 N–H and O–H groups in total. The SMILES string of the molecule is O=C(NCC1COc2ccccc2O1)c1ccc(-n2cnnn2)cc1. The van der Waals surface area contributed by atoms with Gasteiger partial charge in [-0.25, -0.2) is 4.68 Å². The zero-order chi connectivity index (χ0) is 17.1. The Hall–Kier alpha value is -3.42. The van der Waals surface area contributed by atoms with Crippen LogP contribution in [0.2, 0.25) is 0 Å². The lowest BCUT2D eigenvalue weighted by atomic mass is 10.2. The Kier molecular flexibility index (Phi) is 3.99. The highest BCUT2D eigenvalue weighted by Gasteiger charge is 2.21. The molecular formula is C17H15N5O3. The zero-order valence-electron chi connectivity index (χ0n) is 13.2. The number of fused-ring (bicyclic) bond motifs is 1. The number of ether oxygens (including phenoxy) is 2. The van der Waals surface area contributed by atoms with Crippen molar-refractivity contribution in [1.82, 2.24) is 25.5 Å². The summed E-state index contributed by atoms with van der Waals surface area (Å²) < 4.78 is 13.0. The van der Waals surface area contributed by atoms with Crippen LogP contribution in [0.1, 0.15) is 10.4 Å². The number of hydrogen-bond donors (Lipinski definition) is 1. The second-order valence-electron chi connectivity index (χ2n) is 5.51. The van der Waals surface area contributed by atoms with Gasteiger partial charge in [0, 0.05) is 5.56 Å². The van der Waals surface area contributed by atoms with Crippen LogP contribution < -0.4 is 14.8 Å². The number of rotatable bonds is 4. The third-order valence-electron chi connectivity index (χ3n) is 3.80. The van der Waals surface area contributed by atoms with Crippen molar-refractivity contribution in [2.75, 3.05) is 13.2 Å². The summed E-state index contributed by atoms with van der Waals surface area (Å²) in [6.07, 6.45) is 1.27. The monoisotopic (exact) mass is 337 g/mol. The van der Waals surface area contributed by atoms with Gasteiger partial charge in [-0.1, -0.05) is 12.1 Å². The van der Waals surface area contributed by atoms with E-state index in [2.05, 4.69) is 20.8 Å². The molecule has 1 amide bonds. The lowest BCUT2D eigenvalue weighted by molar-refractivity contribution is 0.0789. The van der Waals surface area contributed by atoms with E-state index in [1.54, 1.807) is 24.3 Å². The van der Waals surface area contributed by atoms with Gasteiger partial charge in [0.1, 0.15) is 19.0 Å². The van der Waals surface area contributed by atoms with Crippen molar-refractivity contribution in [3.63, 3.8) is 0 Å². The second-order valence-corrected chi connectivity index (χ2v) is 5.51. The molecule has 2 heterocycles. The summed E-state index contributed by atoms with van der Waals surface area (Å²) >= 11 is 0. The highest BCUT2D eigenvalue weighted by molar-refractivity contribution is 5.94. The van der Waals surface area contributed by atoms with Gasteiger partial charge in [-0.05, 0) is 46.8 Å². The van der Waals surface area contributed by atoms with Gasteiger partial charge >= 0.3 is 0 Å². The minimum atomic E-state index is -0.223. The van der Waals surface area contributed by atoms with Crippen LogP contribution in [0.5, 0.6) is 11.5 Å². The molecule has 8 nitrogen and oxygen atoms in total. The second kappa shape index (κ2) is 6.60. The molecule has 0 fully saturated rings. The molecule has 0 radical (unpaired) electrons. The maximum atomic E-state index is 12.3. The third kappa shape index (κ3) is 3.27. The number of tetrazole rings is 1. The van der Waals surface area contributed by atoms with Crippen molar-refractivity contribution < 1.29 is 14.3 Å². The normalized spacial score (nSPS) is 15.6. The van der Waals surface area contributed by atoms with Crippen LogP contribution in [0.15, 0.2) is 54.9 Å². The number of amides is 1. The first-order valence-corrected chi connectivity index (χ1v) is 7.80. The molecule has 1 aromatic heterocycles. The Bertz CT molecular complexity index is 864. The smallest absolute Gasteiger partial charge is 0.251 e. The lowest BCUT2D eigenvalue weighted by Crippen LogP contribution is -2.40. The predicted molar refractivity (Wildman–Crippen MR) is 87.8 cm³/mol. The molecule has 2 aromatic carbocycles. The first kappa shape index (κ1) is 15.1. The van der Waals surface area contributed by atoms with E-state index in [-0.39, 0.29) is 12.0 Å². The molecule has 25 heavy (non-hydrogen) atoms. The van der Waals surface area contributed by atoms with Gasteiger partial charge in [-0.3, -0.25) is 4.79 Å². The Morgan fingerprint density at radius 1 is 1.16 bits per heavy atom. The van der Waals surface area contributed by atoms with Crippen molar-refractivity contribution in [3.8, 4) is 17.2 Å². The van der Waals surface area contributed by atoms with E-state index >= 15 is 0 Å². The maximum absolute atomic E-state index is 12.3. The molecule has 8 heteroatoms. The Labute approximate surface area is 143 Å². The maximum Gasteiger partial charge on any atom is 0.251 e. The first-order valence-electron chi connectivity index (χ1n) is 7.80. The number of carbonyl (C=O) groups excluding carboxylic acids is 1. The van der Waals surface area contributed by atoms with Crippen LogP contribution in [0.4, 0.5) is 0 Å². The van der Waals surface area contributed by atoms with E-state index in [0.717, 1.165) is 11.4 Å². The van der Waals surface area contributed by atoms with E-state index in [9.17, 15) is 4.79 Å². The highest BCUT2D eigenvalue weighted by Crippen LogP contribution is 2.30. The third-order valence-corrected chi connectivity index (χ3v) is 3.80. The van der Waals surface area contributed by atoms with Crippen molar-refractivity contribution >= 4 is 5.91 Å². The Morgan fingerprint density at radius 2 is 1.96 bits per heavy atom. The van der Waals surface area contributed by atoms with Gasteiger partial charge in [-0.2, -0.15) is 0 Å². The lowest BCUT2D eigenvalue weighted by Gasteiger charge is -2.26. The van der Waals surface area contributed by atoms with E-state index in [4.69, 9.17) is 9.47 Å². The van der Waals surface area contributed by atoms with Gasteiger partial charge in [0.25, 0.3) is 5.91 Å². The van der Waals surface area contributed by atoms with Crippen LogP contribution in [-0.2, 0) is 0 Å². The summed E-state index contributed by atoms with van der Waals surface area (Å²) in [6, 6.07) is 14.5. The quantitative estimate of drug-likeness (QED) is 0.770. The number of aromatic nitrogens is 4. The number of nitrogens with one attached hydrogen (secondary N) is 1. The number of para-hydroxylation sites is 2. The molecule has 1 aliphatic rings. The average Bonchev–Trinajstić information content (AvgIpc) is 3.21. The molecule has 0 spiro atoms. The van der Waals surface area contributed by atoms with Crippen molar-refractivity contribution in [3.05, 3.63) is 60.4 Å². The number of benzene rings is 2. The van der Waals surface area contributed by atoms with Crippen LogP contribution in [0.3, 0.4) is 0 Å². The van der Waals surface area contributed by atoms with E-state index in [1.165, 1.54) is 11.0 Å². The summed E-state index contributed by atoms with van der Waals surface area (Å²) in [6.45, 7) is 0.761. The van der Waals surface area contributed by atoms with Crippen LogP contribution in [0.25, 0.3) is 5.69 Å². The Balaban J connectivity index is 1.35. The van der Waals surface area contributed by atoms with Crippen LogP contribution in [0, 0.1) is 0 Å². The molecular weight excluding hydrogens is 322 g/mol. The molecule has 1 unspecified atom stereocenters. The number of carbonyl (C=O) groups is 1. The first-order chi connectivity index (χ1) is 12.3. The van der Waals surface area contributed by atoms with Crippen molar-refractivity contribution in [2.45, 2.75) is 6.10 Å². The molecule has 1 aliphatic heterocycles. The fraction of sp³-hybridized carbons (Fsp3) is 0.176. The summed E-state index contributed by atoms with van der Waals surface area (Å²) in [4.78, 5) is 12.3. The van der Waals surface area contributed by atoms with Gasteiger partial charge in [0.05, 0.1) is 12.2 Å². The molecule has 1 atom stereocenters. The summed E-state index contributed by atoms with van der Waals surface area (Å²) in [5.41, 5.74) is 1.33. The van der Waals surface area contributed by atoms with E-state index in [1.807, 2.05) is 24.3 Å².